The fourth-order valence-electron chi connectivity index (χ4n) is 10.9. The second kappa shape index (κ2) is 9.39. The van der Waals surface area contributed by atoms with Gasteiger partial charge in [-0.15, -0.1) is 0 Å². The summed E-state index contributed by atoms with van der Waals surface area (Å²) in [6, 6.07) is 0. The van der Waals surface area contributed by atoms with Crippen LogP contribution in [0.15, 0.2) is 24.3 Å². The van der Waals surface area contributed by atoms with Gasteiger partial charge in [-0.3, -0.25) is 19.2 Å². The lowest BCUT2D eigenvalue weighted by atomic mass is 9.43. The highest BCUT2D eigenvalue weighted by Crippen LogP contribution is 2.87. The molecule has 0 aliphatic heterocycles. The molecule has 40 heavy (non-hydrogen) atoms. The number of fused-ring (bicyclic) bond motifs is 2. The van der Waals surface area contributed by atoms with Crippen LogP contribution in [0, 0.1) is 57.2 Å². The lowest BCUT2D eigenvalue weighted by Gasteiger charge is -2.61. The van der Waals surface area contributed by atoms with Gasteiger partial charge in [0, 0.05) is 31.6 Å². The van der Waals surface area contributed by atoms with Crippen LogP contribution >= 0.6 is 0 Å². The number of carbonyl (C=O) groups excluding carboxylic acids is 4. The van der Waals surface area contributed by atoms with Crippen molar-refractivity contribution in [1.82, 2.24) is 0 Å². The molecule has 0 saturated heterocycles. The molecule has 220 valence electrons. The first-order valence-corrected chi connectivity index (χ1v) is 15.4. The van der Waals surface area contributed by atoms with Crippen LogP contribution < -0.4 is 0 Å². The Bertz CT molecular complexity index is 1180. The Hall–Kier alpha value is -2.24. The van der Waals surface area contributed by atoms with Gasteiger partial charge in [0.25, 0.3) is 0 Å². The molecule has 0 aromatic heterocycles. The van der Waals surface area contributed by atoms with Crippen LogP contribution in [0.4, 0.5) is 0 Å². The Morgan fingerprint density at radius 3 is 2.30 bits per heavy atom. The van der Waals surface area contributed by atoms with Gasteiger partial charge in [0.05, 0.1) is 0 Å². The summed E-state index contributed by atoms with van der Waals surface area (Å²) in [4.78, 5) is 51.0. The molecule has 6 nitrogen and oxygen atoms in total. The van der Waals surface area contributed by atoms with E-state index < -0.39 is 12.1 Å². The zero-order chi connectivity index (χ0) is 29.6. The molecule has 4 saturated carbocycles. The maximum absolute atomic E-state index is 13.7. The molecule has 5 aliphatic rings. The van der Waals surface area contributed by atoms with Gasteiger partial charge in [0.1, 0.15) is 6.10 Å². The van der Waals surface area contributed by atoms with Gasteiger partial charge in [0.2, 0.25) is 0 Å². The first kappa shape index (κ1) is 29.3. The van der Waals surface area contributed by atoms with E-state index in [2.05, 4.69) is 33.4 Å². The summed E-state index contributed by atoms with van der Waals surface area (Å²) in [5.74, 6) is -0.458. The van der Waals surface area contributed by atoms with Gasteiger partial charge in [-0.1, -0.05) is 54.2 Å². The van der Waals surface area contributed by atoms with E-state index >= 15 is 0 Å². The molecule has 0 aromatic rings. The monoisotopic (exact) mass is 552 g/mol. The lowest BCUT2D eigenvalue weighted by Crippen LogP contribution is -2.56. The van der Waals surface area contributed by atoms with Gasteiger partial charge in [-0.25, -0.2) is 0 Å². The first-order valence-electron chi connectivity index (χ1n) is 15.4. The minimum Gasteiger partial charge on any atom is -0.462 e. The van der Waals surface area contributed by atoms with Gasteiger partial charge in [0.15, 0.2) is 17.7 Å². The van der Waals surface area contributed by atoms with Crippen molar-refractivity contribution in [3.63, 3.8) is 0 Å². The number of ether oxygens (including phenoxy) is 2. The van der Waals surface area contributed by atoms with Gasteiger partial charge < -0.3 is 9.47 Å². The fourth-order valence-corrected chi connectivity index (χ4v) is 10.9. The number of rotatable bonds is 7. The van der Waals surface area contributed by atoms with Gasteiger partial charge >= 0.3 is 11.9 Å². The number of hydrogen-bond donors (Lipinski definition) is 0. The third-order valence-corrected chi connectivity index (χ3v) is 13.0. The third kappa shape index (κ3) is 3.79. The normalized spacial score (nSPS) is 44.4. The molecule has 0 bridgehead atoms. The zero-order valence-corrected chi connectivity index (χ0v) is 25.7. The summed E-state index contributed by atoms with van der Waals surface area (Å²) >= 11 is 0. The van der Waals surface area contributed by atoms with Gasteiger partial charge in [-0.2, -0.15) is 0 Å². The van der Waals surface area contributed by atoms with Gasteiger partial charge in [-0.05, 0) is 89.6 Å². The molecule has 0 amide bonds. The quantitative estimate of drug-likeness (QED) is 0.273. The van der Waals surface area contributed by atoms with Crippen molar-refractivity contribution in [3.8, 4) is 0 Å². The summed E-state index contributed by atoms with van der Waals surface area (Å²) in [6.45, 7) is 19.5. The highest BCUT2D eigenvalue weighted by atomic mass is 16.6. The molecule has 2 spiro atoms. The topological polar surface area (TPSA) is 86.7 Å². The number of hydrogen-bond acceptors (Lipinski definition) is 6. The van der Waals surface area contributed by atoms with Crippen LogP contribution in [0.3, 0.4) is 0 Å². The Labute approximate surface area is 239 Å². The summed E-state index contributed by atoms with van der Waals surface area (Å²) in [6.07, 6.45) is 8.76. The highest BCUT2D eigenvalue weighted by Gasteiger charge is 2.81. The predicted octanol–water partition coefficient (Wildman–Crippen LogP) is 6.27. The molecule has 3 unspecified atom stereocenters. The lowest BCUT2D eigenvalue weighted by molar-refractivity contribution is -0.166. The minimum absolute atomic E-state index is 0.0694. The van der Waals surface area contributed by atoms with E-state index in [0.717, 1.165) is 38.5 Å². The van der Waals surface area contributed by atoms with Crippen molar-refractivity contribution >= 4 is 23.5 Å². The number of carbonyl (C=O) groups is 4. The molecule has 6 heteroatoms. The predicted molar refractivity (Wildman–Crippen MR) is 152 cm³/mol. The second-order valence-electron chi connectivity index (χ2n) is 14.8. The van der Waals surface area contributed by atoms with E-state index in [9.17, 15) is 19.2 Å². The van der Waals surface area contributed by atoms with Crippen molar-refractivity contribution in [3.05, 3.63) is 24.3 Å². The summed E-state index contributed by atoms with van der Waals surface area (Å²) in [7, 11) is 0. The molecule has 11 atom stereocenters. The van der Waals surface area contributed by atoms with Crippen molar-refractivity contribution in [2.45, 2.75) is 106 Å². The summed E-state index contributed by atoms with van der Waals surface area (Å²) < 4.78 is 11.9. The van der Waals surface area contributed by atoms with Crippen LogP contribution in [0.1, 0.15) is 93.9 Å². The highest BCUT2D eigenvalue weighted by molar-refractivity contribution is 5.99. The maximum Gasteiger partial charge on any atom is 0.303 e. The Kier molecular flexibility index (Phi) is 6.87. The number of allylic oxidation sites excluding steroid dienone is 2. The fraction of sp³-hybridized carbons (Fsp3) is 0.765. The molecule has 4 fully saturated rings. The molecule has 5 rings (SSSR count). The Morgan fingerprint density at radius 2 is 1.70 bits per heavy atom. The molecule has 5 aliphatic carbocycles. The Morgan fingerprint density at radius 1 is 1.02 bits per heavy atom. The first-order chi connectivity index (χ1) is 18.6. The zero-order valence-electron chi connectivity index (χ0n) is 25.7. The average Bonchev–Trinajstić information content (AvgIpc) is 3.47. The number of esters is 2. The largest absolute Gasteiger partial charge is 0.462 e. The van der Waals surface area contributed by atoms with Crippen molar-refractivity contribution < 1.29 is 28.7 Å². The van der Waals surface area contributed by atoms with Crippen molar-refractivity contribution in [2.24, 2.45) is 57.2 Å². The molecule has 0 N–H and O–H groups in total. The Balaban J connectivity index is 1.55. The number of Topliss-reactive ketones (excluding diaryl/α,β-unsaturated/α-hetero) is 1. The van der Waals surface area contributed by atoms with E-state index in [-0.39, 0.29) is 69.0 Å². The molecule has 0 heterocycles. The molecular weight excluding hydrogens is 504 g/mol. The second-order valence-corrected chi connectivity index (χ2v) is 14.8. The molecule has 0 radical (unpaired) electrons. The molecule has 0 aromatic carbocycles. The smallest absolute Gasteiger partial charge is 0.303 e. The van der Waals surface area contributed by atoms with E-state index in [1.165, 1.54) is 13.8 Å². The van der Waals surface area contributed by atoms with Crippen LogP contribution in [0.2, 0.25) is 0 Å². The van der Waals surface area contributed by atoms with Crippen LogP contribution in [0.5, 0.6) is 0 Å². The van der Waals surface area contributed by atoms with Crippen LogP contribution in [-0.4, -0.2) is 35.7 Å². The van der Waals surface area contributed by atoms with Crippen molar-refractivity contribution in [1.29, 1.82) is 0 Å². The SMILES string of the molecule is C=C(C(=O)[C@H](OC(C)=O)C(C)[C@H]1[C@@H](OC(C)=O)C[C@@]2(C)[C@@H]3CC[C@H]4[C@H](C)C(=O)C=CC45CC35CC[C@]12C)C(C)C. The summed E-state index contributed by atoms with van der Waals surface area (Å²) in [5, 5.41) is 0. The van der Waals surface area contributed by atoms with Crippen LogP contribution in [-0.2, 0) is 28.7 Å². The summed E-state index contributed by atoms with van der Waals surface area (Å²) in [5.41, 5.74) is 0.361. The standard InChI is InChI=1S/C34H48O6/c1-18(2)19(3)29(38)30(40-23(7)36)21(5)28-26(39-22(6)35)16-32(9)27-11-10-24-20(4)25(37)12-13-33(24)17-34(27,33)15-14-31(28,32)8/h12-13,18,20-21,24,26-28,30H,3,10-11,14-17H2,1-2,4-9H3/t20-,21?,24-,26-,27-,28-,30+,31+,32-,33?,34?/m0/s1. The third-order valence-electron chi connectivity index (χ3n) is 13.0. The van der Waals surface area contributed by atoms with E-state index in [1.807, 2.05) is 26.8 Å². The van der Waals surface area contributed by atoms with Crippen LogP contribution in [0.25, 0.3) is 0 Å². The van der Waals surface area contributed by atoms with E-state index in [0.29, 0.717) is 17.4 Å². The van der Waals surface area contributed by atoms with Crippen molar-refractivity contribution in [2.75, 3.05) is 0 Å². The van der Waals surface area contributed by atoms with E-state index in [1.54, 1.807) is 0 Å². The van der Waals surface area contributed by atoms with E-state index in [4.69, 9.17) is 9.47 Å². The average molecular weight is 553 g/mol. The number of ketones is 2. The minimum atomic E-state index is -0.971. The molecular formula is C34H48O6. The maximum atomic E-state index is 13.7.